The highest BCUT2D eigenvalue weighted by atomic mass is 16.1. The van der Waals surface area contributed by atoms with E-state index in [-0.39, 0.29) is 5.91 Å². The van der Waals surface area contributed by atoms with Crippen LogP contribution in [0.5, 0.6) is 0 Å². The quantitative estimate of drug-likeness (QED) is 0.763. The summed E-state index contributed by atoms with van der Waals surface area (Å²) in [6.45, 7) is 3.81. The Kier molecular flexibility index (Phi) is 4.40. The summed E-state index contributed by atoms with van der Waals surface area (Å²) >= 11 is 0. The van der Waals surface area contributed by atoms with Gasteiger partial charge in [0.05, 0.1) is 0 Å². The standard InChI is InChI=1S/C13H25N3O/c1-10(17)15-12-7-8-16(9-12)13-5-3-11(14-2)4-6-13/h11-14H,3-9H2,1-2H3,(H,15,17). The third kappa shape index (κ3) is 3.42. The Morgan fingerprint density at radius 2 is 1.82 bits per heavy atom. The number of nitrogens with zero attached hydrogens (tertiary/aromatic N) is 1. The van der Waals surface area contributed by atoms with Gasteiger partial charge in [0.15, 0.2) is 0 Å². The topological polar surface area (TPSA) is 44.4 Å². The van der Waals surface area contributed by atoms with Crippen LogP contribution in [0.4, 0.5) is 0 Å². The SMILES string of the molecule is CNC1CCC(N2CCC(NC(C)=O)C2)CC1. The van der Waals surface area contributed by atoms with Crippen LogP contribution in [0.15, 0.2) is 0 Å². The molecule has 1 saturated heterocycles. The van der Waals surface area contributed by atoms with E-state index in [1.54, 1.807) is 6.92 Å². The van der Waals surface area contributed by atoms with Crippen LogP contribution in [-0.4, -0.2) is 49.1 Å². The molecule has 0 spiro atoms. The summed E-state index contributed by atoms with van der Waals surface area (Å²) in [5.41, 5.74) is 0. The molecular formula is C13H25N3O. The van der Waals surface area contributed by atoms with Gasteiger partial charge in [-0.25, -0.2) is 0 Å². The first-order valence-electron chi connectivity index (χ1n) is 6.87. The molecular weight excluding hydrogens is 214 g/mol. The molecule has 1 atom stereocenters. The van der Waals surface area contributed by atoms with E-state index >= 15 is 0 Å². The molecule has 0 radical (unpaired) electrons. The zero-order valence-electron chi connectivity index (χ0n) is 11.0. The zero-order valence-corrected chi connectivity index (χ0v) is 11.0. The van der Waals surface area contributed by atoms with Crippen molar-refractivity contribution in [3.8, 4) is 0 Å². The highest BCUT2D eigenvalue weighted by Gasteiger charge is 2.30. The first-order valence-corrected chi connectivity index (χ1v) is 6.87. The Morgan fingerprint density at radius 1 is 1.12 bits per heavy atom. The molecule has 1 heterocycles. The van der Waals surface area contributed by atoms with Gasteiger partial charge in [-0.3, -0.25) is 9.69 Å². The molecule has 17 heavy (non-hydrogen) atoms. The predicted molar refractivity (Wildman–Crippen MR) is 68.9 cm³/mol. The highest BCUT2D eigenvalue weighted by molar-refractivity contribution is 5.73. The van der Waals surface area contributed by atoms with E-state index in [9.17, 15) is 4.79 Å². The zero-order chi connectivity index (χ0) is 12.3. The van der Waals surface area contributed by atoms with Crippen molar-refractivity contribution < 1.29 is 4.79 Å². The maximum Gasteiger partial charge on any atom is 0.217 e. The van der Waals surface area contributed by atoms with Crippen LogP contribution in [0.25, 0.3) is 0 Å². The van der Waals surface area contributed by atoms with E-state index in [4.69, 9.17) is 0 Å². The third-order valence-electron chi connectivity index (χ3n) is 4.25. The minimum absolute atomic E-state index is 0.107. The molecule has 0 bridgehead atoms. The molecule has 1 aliphatic carbocycles. The van der Waals surface area contributed by atoms with E-state index in [0.29, 0.717) is 6.04 Å². The fourth-order valence-corrected chi connectivity index (χ4v) is 3.25. The van der Waals surface area contributed by atoms with Gasteiger partial charge in [-0.2, -0.15) is 0 Å². The van der Waals surface area contributed by atoms with E-state index in [0.717, 1.165) is 31.6 Å². The Bertz CT molecular complexity index is 261. The number of hydrogen-bond acceptors (Lipinski definition) is 3. The number of nitrogens with one attached hydrogen (secondary N) is 2. The lowest BCUT2D eigenvalue weighted by atomic mass is 9.90. The van der Waals surface area contributed by atoms with Gasteiger partial charge in [0.1, 0.15) is 0 Å². The van der Waals surface area contributed by atoms with Crippen LogP contribution < -0.4 is 10.6 Å². The lowest BCUT2D eigenvalue weighted by molar-refractivity contribution is -0.119. The Balaban J connectivity index is 1.75. The second-order valence-electron chi connectivity index (χ2n) is 5.48. The summed E-state index contributed by atoms with van der Waals surface area (Å²) in [4.78, 5) is 13.6. The van der Waals surface area contributed by atoms with Crippen molar-refractivity contribution >= 4 is 5.91 Å². The summed E-state index contributed by atoms with van der Waals surface area (Å²) in [6.07, 6.45) is 6.31. The summed E-state index contributed by atoms with van der Waals surface area (Å²) in [5.74, 6) is 0.107. The van der Waals surface area contributed by atoms with E-state index in [1.165, 1.54) is 25.7 Å². The predicted octanol–water partition coefficient (Wildman–Crippen LogP) is 0.727. The van der Waals surface area contributed by atoms with Gasteiger partial charge in [-0.15, -0.1) is 0 Å². The van der Waals surface area contributed by atoms with Crippen molar-refractivity contribution in [1.29, 1.82) is 0 Å². The van der Waals surface area contributed by atoms with Crippen molar-refractivity contribution in [3.63, 3.8) is 0 Å². The molecule has 98 valence electrons. The van der Waals surface area contributed by atoms with Crippen LogP contribution in [0, 0.1) is 0 Å². The van der Waals surface area contributed by atoms with Crippen molar-refractivity contribution in [2.24, 2.45) is 0 Å². The van der Waals surface area contributed by atoms with Gasteiger partial charge in [0, 0.05) is 38.1 Å². The van der Waals surface area contributed by atoms with Crippen LogP contribution in [0.1, 0.15) is 39.0 Å². The molecule has 4 nitrogen and oxygen atoms in total. The average molecular weight is 239 g/mol. The molecule has 0 aromatic heterocycles. The molecule has 0 aromatic carbocycles. The molecule has 1 amide bonds. The van der Waals surface area contributed by atoms with Crippen LogP contribution in [-0.2, 0) is 4.79 Å². The van der Waals surface area contributed by atoms with Crippen molar-refractivity contribution in [3.05, 3.63) is 0 Å². The smallest absolute Gasteiger partial charge is 0.217 e. The molecule has 2 rings (SSSR count). The number of carbonyl (C=O) groups is 1. The number of likely N-dealkylation sites (tertiary alicyclic amines) is 1. The largest absolute Gasteiger partial charge is 0.352 e. The fraction of sp³-hybridized carbons (Fsp3) is 0.923. The maximum atomic E-state index is 11.0. The van der Waals surface area contributed by atoms with Gasteiger partial charge in [-0.1, -0.05) is 0 Å². The monoisotopic (exact) mass is 239 g/mol. The van der Waals surface area contributed by atoms with E-state index in [2.05, 4.69) is 22.6 Å². The molecule has 2 fully saturated rings. The number of hydrogen-bond donors (Lipinski definition) is 2. The first-order chi connectivity index (χ1) is 8.19. The molecule has 1 aliphatic heterocycles. The highest BCUT2D eigenvalue weighted by Crippen LogP contribution is 2.25. The minimum Gasteiger partial charge on any atom is -0.352 e. The minimum atomic E-state index is 0.107. The summed E-state index contributed by atoms with van der Waals surface area (Å²) < 4.78 is 0. The van der Waals surface area contributed by atoms with Crippen molar-refractivity contribution in [2.45, 2.75) is 57.2 Å². The van der Waals surface area contributed by atoms with Crippen molar-refractivity contribution in [1.82, 2.24) is 15.5 Å². The molecule has 2 aliphatic rings. The number of rotatable bonds is 3. The van der Waals surface area contributed by atoms with Gasteiger partial charge < -0.3 is 10.6 Å². The first kappa shape index (κ1) is 12.8. The Morgan fingerprint density at radius 3 is 2.41 bits per heavy atom. The van der Waals surface area contributed by atoms with Crippen molar-refractivity contribution in [2.75, 3.05) is 20.1 Å². The van der Waals surface area contributed by atoms with Gasteiger partial charge in [0.25, 0.3) is 0 Å². The van der Waals surface area contributed by atoms with Gasteiger partial charge in [0.2, 0.25) is 5.91 Å². The lowest BCUT2D eigenvalue weighted by Crippen LogP contribution is -2.42. The lowest BCUT2D eigenvalue weighted by Gasteiger charge is -2.34. The molecule has 4 heteroatoms. The van der Waals surface area contributed by atoms with Crippen LogP contribution >= 0.6 is 0 Å². The van der Waals surface area contributed by atoms with Gasteiger partial charge in [-0.05, 0) is 39.2 Å². The van der Waals surface area contributed by atoms with Crippen LogP contribution in [0.2, 0.25) is 0 Å². The normalized spacial score (nSPS) is 34.8. The summed E-state index contributed by atoms with van der Waals surface area (Å²) in [5, 5.41) is 6.41. The number of carbonyl (C=O) groups excluding carboxylic acids is 1. The summed E-state index contributed by atoms with van der Waals surface area (Å²) in [7, 11) is 2.06. The van der Waals surface area contributed by atoms with Gasteiger partial charge >= 0.3 is 0 Å². The number of amides is 1. The van der Waals surface area contributed by atoms with Crippen LogP contribution in [0.3, 0.4) is 0 Å². The Hall–Kier alpha value is -0.610. The maximum absolute atomic E-state index is 11.0. The average Bonchev–Trinajstić information content (AvgIpc) is 2.77. The van der Waals surface area contributed by atoms with E-state index in [1.807, 2.05) is 0 Å². The molecule has 0 aromatic rings. The van der Waals surface area contributed by atoms with E-state index < -0.39 is 0 Å². The molecule has 1 unspecified atom stereocenters. The molecule has 2 N–H and O–H groups in total. The third-order valence-corrected chi connectivity index (χ3v) is 4.25. The summed E-state index contributed by atoms with van der Waals surface area (Å²) in [6, 6.07) is 1.85. The second-order valence-corrected chi connectivity index (χ2v) is 5.48. The Labute approximate surface area is 104 Å². The second kappa shape index (κ2) is 5.83. The molecule has 1 saturated carbocycles. The fourth-order valence-electron chi connectivity index (χ4n) is 3.25.